The highest BCUT2D eigenvalue weighted by Crippen LogP contribution is 2.44. The van der Waals surface area contributed by atoms with Crippen LogP contribution in [-0.2, 0) is 11.8 Å². The van der Waals surface area contributed by atoms with E-state index in [1.165, 1.54) is 18.4 Å². The summed E-state index contributed by atoms with van der Waals surface area (Å²) in [5, 5.41) is 0. The molecule has 1 aliphatic carbocycles. The van der Waals surface area contributed by atoms with Gasteiger partial charge in [-0.1, -0.05) is 52.8 Å². The Morgan fingerprint density at radius 1 is 1.26 bits per heavy atom. The molecule has 0 saturated heterocycles. The maximum atomic E-state index is 5.83. The molecule has 2 N–H and O–H groups in total. The molecule has 1 aromatic rings. The van der Waals surface area contributed by atoms with E-state index in [9.17, 15) is 0 Å². The Morgan fingerprint density at radius 2 is 1.95 bits per heavy atom. The van der Waals surface area contributed by atoms with Crippen molar-refractivity contribution in [2.75, 3.05) is 6.54 Å². The number of fused-ring (bicyclic) bond motifs is 1. The molecule has 0 heterocycles. The van der Waals surface area contributed by atoms with Crippen molar-refractivity contribution in [3.63, 3.8) is 0 Å². The van der Waals surface area contributed by atoms with Crippen molar-refractivity contribution in [1.82, 2.24) is 0 Å². The predicted octanol–water partition coefficient (Wildman–Crippen LogP) is 4.39. The zero-order chi connectivity index (χ0) is 14.3. The van der Waals surface area contributed by atoms with Crippen LogP contribution in [0, 0.1) is 5.41 Å². The van der Waals surface area contributed by atoms with Crippen LogP contribution in [0.4, 0.5) is 0 Å². The molecule has 0 aliphatic heterocycles. The summed E-state index contributed by atoms with van der Waals surface area (Å²) in [6.45, 7) is 12.4. The third-order valence-corrected chi connectivity index (χ3v) is 4.43. The Morgan fingerprint density at radius 3 is 2.53 bits per heavy atom. The van der Waals surface area contributed by atoms with Crippen molar-refractivity contribution < 1.29 is 0 Å². The molecular formula is C18H29N. The Bertz CT molecular complexity index is 451. The van der Waals surface area contributed by atoms with E-state index in [4.69, 9.17) is 5.73 Å². The molecule has 1 unspecified atom stereocenters. The van der Waals surface area contributed by atoms with Crippen LogP contribution in [0.3, 0.4) is 0 Å². The van der Waals surface area contributed by atoms with Gasteiger partial charge in [-0.3, -0.25) is 0 Å². The topological polar surface area (TPSA) is 26.0 Å². The molecule has 0 radical (unpaired) electrons. The van der Waals surface area contributed by atoms with Crippen LogP contribution in [0.5, 0.6) is 0 Å². The van der Waals surface area contributed by atoms with E-state index >= 15 is 0 Å². The van der Waals surface area contributed by atoms with Gasteiger partial charge in [0.05, 0.1) is 0 Å². The van der Waals surface area contributed by atoms with Gasteiger partial charge in [-0.05, 0) is 59.2 Å². The van der Waals surface area contributed by atoms with Crippen molar-refractivity contribution >= 4 is 0 Å². The molecule has 0 saturated carbocycles. The maximum Gasteiger partial charge on any atom is -0.00714 e. The fraction of sp³-hybridized carbons (Fsp3) is 0.667. The van der Waals surface area contributed by atoms with Crippen LogP contribution >= 0.6 is 0 Å². The Kier molecular flexibility index (Phi) is 3.79. The highest BCUT2D eigenvalue weighted by atomic mass is 14.5. The number of nitrogens with two attached hydrogens (primary N) is 1. The van der Waals surface area contributed by atoms with Gasteiger partial charge in [0.2, 0.25) is 0 Å². The zero-order valence-electron chi connectivity index (χ0n) is 13.2. The maximum absolute atomic E-state index is 5.83. The average Bonchev–Trinajstić information content (AvgIpc) is 2.26. The first-order chi connectivity index (χ1) is 8.73. The van der Waals surface area contributed by atoms with Gasteiger partial charge in [-0.25, -0.2) is 0 Å². The first-order valence-electron chi connectivity index (χ1n) is 7.56. The fourth-order valence-electron chi connectivity index (χ4n) is 3.43. The molecule has 106 valence electrons. The summed E-state index contributed by atoms with van der Waals surface area (Å²) in [6.07, 6.45) is 3.59. The second kappa shape index (κ2) is 4.94. The van der Waals surface area contributed by atoms with Crippen molar-refractivity contribution in [3.8, 4) is 0 Å². The lowest BCUT2D eigenvalue weighted by Crippen LogP contribution is -2.27. The van der Waals surface area contributed by atoms with Gasteiger partial charge in [0.15, 0.2) is 0 Å². The summed E-state index contributed by atoms with van der Waals surface area (Å²) in [7, 11) is 0. The highest BCUT2D eigenvalue weighted by Gasteiger charge is 2.32. The Balaban J connectivity index is 2.43. The molecule has 2 rings (SSSR count). The lowest BCUT2D eigenvalue weighted by molar-refractivity contribution is 0.274. The van der Waals surface area contributed by atoms with Crippen LogP contribution in [0.2, 0.25) is 0 Å². The minimum atomic E-state index is 0.231. The van der Waals surface area contributed by atoms with E-state index in [1.807, 2.05) is 0 Å². The number of benzene rings is 1. The molecule has 0 fully saturated rings. The van der Waals surface area contributed by atoms with Crippen molar-refractivity contribution in [3.05, 3.63) is 34.9 Å². The second-order valence-electron chi connectivity index (χ2n) is 7.98. The molecule has 0 bridgehead atoms. The van der Waals surface area contributed by atoms with Gasteiger partial charge in [0, 0.05) is 0 Å². The highest BCUT2D eigenvalue weighted by molar-refractivity contribution is 5.40. The standard InChI is InChI=1S/C18H29N/c1-17(2,3)15-7-6-13-11-18(4,5)12-14(8-9-19)16(13)10-15/h6-7,10,14H,8-9,11-12,19H2,1-5H3. The molecule has 19 heavy (non-hydrogen) atoms. The molecule has 1 atom stereocenters. The first-order valence-corrected chi connectivity index (χ1v) is 7.56. The van der Waals surface area contributed by atoms with E-state index in [0.29, 0.717) is 11.3 Å². The van der Waals surface area contributed by atoms with Crippen molar-refractivity contribution in [2.24, 2.45) is 11.1 Å². The van der Waals surface area contributed by atoms with E-state index in [0.717, 1.165) is 13.0 Å². The molecule has 1 heteroatoms. The third-order valence-electron chi connectivity index (χ3n) is 4.43. The summed E-state index contributed by atoms with van der Waals surface area (Å²) < 4.78 is 0. The summed E-state index contributed by atoms with van der Waals surface area (Å²) >= 11 is 0. The fourth-order valence-corrected chi connectivity index (χ4v) is 3.43. The van der Waals surface area contributed by atoms with Crippen LogP contribution in [-0.4, -0.2) is 6.54 Å². The van der Waals surface area contributed by atoms with E-state index < -0.39 is 0 Å². The molecule has 1 aliphatic rings. The number of hydrogen-bond acceptors (Lipinski definition) is 1. The average molecular weight is 259 g/mol. The normalized spacial score (nSPS) is 22.1. The largest absolute Gasteiger partial charge is 0.330 e. The minimum absolute atomic E-state index is 0.231. The van der Waals surface area contributed by atoms with Crippen molar-refractivity contribution in [2.45, 2.75) is 65.2 Å². The Labute approximate surface area is 118 Å². The van der Waals surface area contributed by atoms with Gasteiger partial charge in [0.1, 0.15) is 0 Å². The van der Waals surface area contributed by atoms with Crippen molar-refractivity contribution in [1.29, 1.82) is 0 Å². The third kappa shape index (κ3) is 3.20. The van der Waals surface area contributed by atoms with E-state index in [1.54, 1.807) is 11.1 Å². The van der Waals surface area contributed by atoms with Crippen LogP contribution < -0.4 is 5.73 Å². The lowest BCUT2D eigenvalue weighted by atomic mass is 9.67. The van der Waals surface area contributed by atoms with Gasteiger partial charge in [-0.15, -0.1) is 0 Å². The summed E-state index contributed by atoms with van der Waals surface area (Å²) in [5.74, 6) is 0.644. The number of rotatable bonds is 2. The van der Waals surface area contributed by atoms with E-state index in [2.05, 4.69) is 52.8 Å². The molecule has 0 aromatic heterocycles. The lowest BCUT2D eigenvalue weighted by Gasteiger charge is -2.38. The summed E-state index contributed by atoms with van der Waals surface area (Å²) in [4.78, 5) is 0. The molecule has 1 aromatic carbocycles. The Hall–Kier alpha value is -0.820. The predicted molar refractivity (Wildman–Crippen MR) is 83.7 cm³/mol. The van der Waals surface area contributed by atoms with Crippen LogP contribution in [0.1, 0.15) is 70.1 Å². The molecular weight excluding hydrogens is 230 g/mol. The second-order valence-corrected chi connectivity index (χ2v) is 7.98. The van der Waals surface area contributed by atoms with Crippen LogP contribution in [0.25, 0.3) is 0 Å². The molecule has 0 amide bonds. The summed E-state index contributed by atoms with van der Waals surface area (Å²) in [5.41, 5.74) is 11.0. The van der Waals surface area contributed by atoms with Gasteiger partial charge in [-0.2, -0.15) is 0 Å². The van der Waals surface area contributed by atoms with Gasteiger partial charge >= 0.3 is 0 Å². The quantitative estimate of drug-likeness (QED) is 0.837. The van der Waals surface area contributed by atoms with Gasteiger partial charge in [0.25, 0.3) is 0 Å². The molecule has 1 nitrogen and oxygen atoms in total. The SMILES string of the molecule is CC1(C)Cc2ccc(C(C)(C)C)cc2C(CCN)C1. The first kappa shape index (κ1) is 14.6. The minimum Gasteiger partial charge on any atom is -0.330 e. The molecule has 0 spiro atoms. The van der Waals surface area contributed by atoms with Crippen LogP contribution in [0.15, 0.2) is 18.2 Å². The summed E-state index contributed by atoms with van der Waals surface area (Å²) in [6, 6.07) is 7.13. The monoisotopic (exact) mass is 259 g/mol. The van der Waals surface area contributed by atoms with E-state index in [-0.39, 0.29) is 5.41 Å². The smallest absolute Gasteiger partial charge is 0.00714 e. The number of hydrogen-bond donors (Lipinski definition) is 1. The zero-order valence-corrected chi connectivity index (χ0v) is 13.2. The van der Waals surface area contributed by atoms with Gasteiger partial charge < -0.3 is 5.73 Å².